The molecule has 5 rings (SSSR count). The van der Waals surface area contributed by atoms with Crippen molar-refractivity contribution in [3.05, 3.63) is 46.0 Å². The molecule has 1 aliphatic carbocycles. The van der Waals surface area contributed by atoms with Crippen LogP contribution in [0, 0.1) is 0 Å². The van der Waals surface area contributed by atoms with Crippen LogP contribution in [0.5, 0.6) is 0 Å². The van der Waals surface area contributed by atoms with Gasteiger partial charge in [0.2, 0.25) is 0 Å². The summed E-state index contributed by atoms with van der Waals surface area (Å²) in [5.41, 5.74) is 2.25. The van der Waals surface area contributed by atoms with Gasteiger partial charge in [-0.15, -0.1) is 21.5 Å². The number of fused-ring (bicyclic) bond motifs is 1. The second kappa shape index (κ2) is 6.32. The molecule has 3 aromatic heterocycles. The van der Waals surface area contributed by atoms with E-state index >= 15 is 0 Å². The topological polar surface area (TPSA) is 51.6 Å². The van der Waals surface area contributed by atoms with Crippen LogP contribution >= 0.6 is 46.0 Å². The summed E-state index contributed by atoms with van der Waals surface area (Å²) in [5, 5.41) is 14.7. The molecule has 0 saturated heterocycles. The van der Waals surface area contributed by atoms with Gasteiger partial charge in [0.15, 0.2) is 4.34 Å². The summed E-state index contributed by atoms with van der Waals surface area (Å²) in [7, 11) is 0. The smallest absolute Gasteiger partial charge is 0.180 e. The van der Waals surface area contributed by atoms with Gasteiger partial charge < -0.3 is 0 Å². The van der Waals surface area contributed by atoms with Gasteiger partial charge in [-0.3, -0.25) is 0 Å². The maximum Gasteiger partial charge on any atom is 0.180 e. The van der Waals surface area contributed by atoms with Crippen LogP contribution in [0.25, 0.3) is 21.3 Å². The predicted octanol–water partition coefficient (Wildman–Crippen LogP) is 5.89. The maximum atomic E-state index is 6.02. The number of aromatic nitrogens is 4. The van der Waals surface area contributed by atoms with E-state index in [-0.39, 0.29) is 0 Å². The van der Waals surface area contributed by atoms with E-state index in [1.807, 2.05) is 24.3 Å². The minimum atomic E-state index is 0.628. The second-order valence-corrected chi connectivity index (χ2v) is 9.34. The van der Waals surface area contributed by atoms with Gasteiger partial charge in [0, 0.05) is 21.9 Å². The molecule has 3 heterocycles. The van der Waals surface area contributed by atoms with Crippen LogP contribution in [0.3, 0.4) is 0 Å². The Kier molecular flexibility index (Phi) is 3.97. The van der Waals surface area contributed by atoms with Crippen molar-refractivity contribution in [3.63, 3.8) is 0 Å². The van der Waals surface area contributed by atoms with Gasteiger partial charge in [-0.05, 0) is 42.3 Å². The van der Waals surface area contributed by atoms with E-state index in [0.717, 1.165) is 40.7 Å². The third-order valence-electron chi connectivity index (χ3n) is 4.02. The van der Waals surface area contributed by atoms with Gasteiger partial charge in [0.25, 0.3) is 0 Å². The SMILES string of the molecule is Clc1ccc(-c2csc3ncnc(Sc4nnc(C5CC5)s4)c23)cc1. The number of thiophene rings is 1. The Hall–Kier alpha value is -1.54. The van der Waals surface area contributed by atoms with E-state index < -0.39 is 0 Å². The van der Waals surface area contributed by atoms with E-state index in [2.05, 4.69) is 25.5 Å². The molecular formula is C17H11ClN4S3. The first kappa shape index (κ1) is 15.7. The van der Waals surface area contributed by atoms with E-state index in [1.54, 1.807) is 40.8 Å². The van der Waals surface area contributed by atoms with Crippen molar-refractivity contribution >= 4 is 56.3 Å². The average Bonchev–Trinajstić information content (AvgIpc) is 3.21. The first-order chi connectivity index (χ1) is 12.3. The Balaban J connectivity index is 1.57. The summed E-state index contributed by atoms with van der Waals surface area (Å²) in [5.74, 6) is 0.628. The summed E-state index contributed by atoms with van der Waals surface area (Å²) in [6.45, 7) is 0. The lowest BCUT2D eigenvalue weighted by atomic mass is 10.1. The Morgan fingerprint density at radius 2 is 1.92 bits per heavy atom. The van der Waals surface area contributed by atoms with E-state index in [0.29, 0.717) is 5.92 Å². The first-order valence-corrected chi connectivity index (χ1v) is 10.7. The fourth-order valence-corrected chi connectivity index (χ4v) is 5.77. The molecule has 1 aliphatic rings. The minimum absolute atomic E-state index is 0.628. The fourth-order valence-electron chi connectivity index (χ4n) is 2.61. The van der Waals surface area contributed by atoms with Crippen molar-refractivity contribution in [1.82, 2.24) is 20.2 Å². The van der Waals surface area contributed by atoms with E-state index in [4.69, 9.17) is 11.6 Å². The highest BCUT2D eigenvalue weighted by molar-refractivity contribution is 8.01. The van der Waals surface area contributed by atoms with E-state index in [1.165, 1.54) is 12.8 Å². The molecule has 0 amide bonds. The quantitative estimate of drug-likeness (QED) is 0.398. The lowest BCUT2D eigenvalue weighted by Crippen LogP contribution is -1.85. The van der Waals surface area contributed by atoms with Gasteiger partial charge in [-0.25, -0.2) is 9.97 Å². The van der Waals surface area contributed by atoms with Crippen LogP contribution in [0.4, 0.5) is 0 Å². The van der Waals surface area contributed by atoms with Crippen molar-refractivity contribution in [2.75, 3.05) is 0 Å². The summed E-state index contributed by atoms with van der Waals surface area (Å²) in [6.07, 6.45) is 4.10. The Morgan fingerprint density at radius 3 is 2.72 bits per heavy atom. The van der Waals surface area contributed by atoms with Crippen molar-refractivity contribution in [3.8, 4) is 11.1 Å². The molecule has 0 aliphatic heterocycles. The molecule has 4 aromatic rings. The maximum absolute atomic E-state index is 6.02. The molecule has 0 bridgehead atoms. The normalized spacial score (nSPS) is 14.3. The van der Waals surface area contributed by atoms with Crippen molar-refractivity contribution in [1.29, 1.82) is 0 Å². The van der Waals surface area contributed by atoms with Crippen molar-refractivity contribution in [2.45, 2.75) is 28.1 Å². The number of halogens is 1. The molecule has 25 heavy (non-hydrogen) atoms. The van der Waals surface area contributed by atoms with Gasteiger partial charge in [-0.1, -0.05) is 35.1 Å². The zero-order chi connectivity index (χ0) is 16.8. The molecule has 4 nitrogen and oxygen atoms in total. The lowest BCUT2D eigenvalue weighted by molar-refractivity contribution is 0.936. The van der Waals surface area contributed by atoms with Crippen LogP contribution in [0.1, 0.15) is 23.8 Å². The summed E-state index contributed by atoms with van der Waals surface area (Å²) >= 11 is 10.9. The first-order valence-electron chi connectivity index (χ1n) is 7.77. The third-order valence-corrected chi connectivity index (χ3v) is 7.30. The van der Waals surface area contributed by atoms with Crippen molar-refractivity contribution in [2.24, 2.45) is 0 Å². The minimum Gasteiger partial charge on any atom is -0.229 e. The predicted molar refractivity (Wildman–Crippen MR) is 104 cm³/mol. The molecule has 0 radical (unpaired) electrons. The number of nitrogens with zero attached hydrogens (tertiary/aromatic N) is 4. The number of benzene rings is 1. The Bertz CT molecular complexity index is 1050. The standard InChI is InChI=1S/C17H11ClN4S3/c18-11-5-3-9(4-6-11)12-7-23-15-13(12)16(20-8-19-15)25-17-22-21-14(24-17)10-1-2-10/h3-8,10H,1-2H2. The second-order valence-electron chi connectivity index (χ2n) is 5.80. The van der Waals surface area contributed by atoms with Crippen LogP contribution < -0.4 is 0 Å². The lowest BCUT2D eigenvalue weighted by Gasteiger charge is -2.03. The molecule has 1 saturated carbocycles. The van der Waals surface area contributed by atoms with Crippen LogP contribution in [-0.2, 0) is 0 Å². The fraction of sp³-hybridized carbons (Fsp3) is 0.176. The van der Waals surface area contributed by atoms with Crippen molar-refractivity contribution < 1.29 is 0 Å². The zero-order valence-electron chi connectivity index (χ0n) is 12.8. The van der Waals surface area contributed by atoms with Crippen LogP contribution in [0.15, 0.2) is 45.3 Å². The highest BCUT2D eigenvalue weighted by Gasteiger charge is 2.28. The van der Waals surface area contributed by atoms with Crippen LogP contribution in [-0.4, -0.2) is 20.2 Å². The van der Waals surface area contributed by atoms with E-state index in [9.17, 15) is 0 Å². The molecule has 124 valence electrons. The number of rotatable bonds is 4. The van der Waals surface area contributed by atoms with Crippen LogP contribution in [0.2, 0.25) is 5.02 Å². The monoisotopic (exact) mass is 402 g/mol. The van der Waals surface area contributed by atoms with Gasteiger partial charge in [0.1, 0.15) is 21.2 Å². The summed E-state index contributed by atoms with van der Waals surface area (Å²) < 4.78 is 0.940. The molecule has 0 spiro atoms. The molecule has 0 unspecified atom stereocenters. The number of hydrogen-bond donors (Lipinski definition) is 0. The Morgan fingerprint density at radius 1 is 1.08 bits per heavy atom. The van der Waals surface area contributed by atoms with Gasteiger partial charge >= 0.3 is 0 Å². The molecule has 0 N–H and O–H groups in total. The molecule has 1 fully saturated rings. The highest BCUT2D eigenvalue weighted by atomic mass is 35.5. The molecular weight excluding hydrogens is 392 g/mol. The van der Waals surface area contributed by atoms with Gasteiger partial charge in [0.05, 0.1) is 5.39 Å². The largest absolute Gasteiger partial charge is 0.229 e. The zero-order valence-corrected chi connectivity index (χ0v) is 16.1. The average molecular weight is 403 g/mol. The molecule has 1 aromatic carbocycles. The Labute approximate surface area is 161 Å². The summed E-state index contributed by atoms with van der Waals surface area (Å²) in [4.78, 5) is 9.93. The molecule has 8 heteroatoms. The highest BCUT2D eigenvalue weighted by Crippen LogP contribution is 2.45. The van der Waals surface area contributed by atoms with Gasteiger partial charge in [-0.2, -0.15) is 0 Å². The third kappa shape index (κ3) is 3.06. The number of hydrogen-bond acceptors (Lipinski definition) is 7. The summed E-state index contributed by atoms with van der Waals surface area (Å²) in [6, 6.07) is 7.87. The molecule has 0 atom stereocenters.